The van der Waals surface area contributed by atoms with Gasteiger partial charge in [-0.2, -0.15) is 0 Å². The van der Waals surface area contributed by atoms with Crippen LogP contribution in [0.3, 0.4) is 0 Å². The minimum Gasteiger partial charge on any atom is -0.359 e. The van der Waals surface area contributed by atoms with E-state index in [1.807, 2.05) is 38.1 Å². The Morgan fingerprint density at radius 2 is 2.08 bits per heavy atom. The van der Waals surface area contributed by atoms with Crippen LogP contribution >= 0.6 is 35.6 Å². The molecule has 0 fully saturated rings. The van der Waals surface area contributed by atoms with Crippen LogP contribution in [0.15, 0.2) is 39.8 Å². The van der Waals surface area contributed by atoms with Crippen LogP contribution in [0.5, 0.6) is 0 Å². The summed E-state index contributed by atoms with van der Waals surface area (Å²) < 4.78 is 5.24. The second kappa shape index (κ2) is 11.3. The van der Waals surface area contributed by atoms with E-state index in [0.29, 0.717) is 6.54 Å². The molecule has 0 saturated heterocycles. The van der Waals surface area contributed by atoms with Crippen LogP contribution in [0.1, 0.15) is 30.9 Å². The molecule has 0 bridgehead atoms. The zero-order valence-corrected chi connectivity index (χ0v) is 17.1. The number of aliphatic imine (C=N–C) groups is 1. The van der Waals surface area contributed by atoms with Crippen molar-refractivity contribution in [2.24, 2.45) is 4.99 Å². The fraction of sp³-hybridized carbons (Fsp3) is 0.412. The zero-order valence-electron chi connectivity index (χ0n) is 14.0. The van der Waals surface area contributed by atoms with Crippen LogP contribution in [0, 0.1) is 0 Å². The molecule has 0 aliphatic heterocycles. The van der Waals surface area contributed by atoms with Crippen LogP contribution < -0.4 is 10.6 Å². The van der Waals surface area contributed by atoms with E-state index >= 15 is 0 Å². The molecule has 2 N–H and O–H groups in total. The largest absolute Gasteiger partial charge is 0.359 e. The topological polar surface area (TPSA) is 62.5 Å². The summed E-state index contributed by atoms with van der Waals surface area (Å²) in [6.07, 6.45) is 1.75. The van der Waals surface area contributed by atoms with Gasteiger partial charge in [-0.25, -0.2) is 4.99 Å². The van der Waals surface area contributed by atoms with Crippen LogP contribution in [0.4, 0.5) is 0 Å². The minimum atomic E-state index is 0. The summed E-state index contributed by atoms with van der Waals surface area (Å²) in [4.78, 5) is 4.51. The third kappa shape index (κ3) is 7.09. The quantitative estimate of drug-likeness (QED) is 0.373. The third-order valence-electron chi connectivity index (χ3n) is 3.30. The van der Waals surface area contributed by atoms with Crippen molar-refractivity contribution in [3.05, 3.63) is 52.4 Å². The number of hydrogen-bond donors (Lipinski definition) is 2. The van der Waals surface area contributed by atoms with E-state index in [4.69, 9.17) is 16.1 Å². The highest BCUT2D eigenvalue weighted by Gasteiger charge is 2.03. The molecule has 0 aliphatic rings. The number of benzene rings is 1. The molecule has 2 aromatic rings. The van der Waals surface area contributed by atoms with E-state index in [9.17, 15) is 0 Å². The van der Waals surface area contributed by atoms with Gasteiger partial charge in [-0.05, 0) is 37.5 Å². The lowest BCUT2D eigenvalue weighted by atomic mass is 10.1. The molecule has 0 saturated carbocycles. The van der Waals surface area contributed by atoms with E-state index in [-0.39, 0.29) is 24.0 Å². The lowest BCUT2D eigenvalue weighted by Gasteiger charge is -2.11. The highest BCUT2D eigenvalue weighted by molar-refractivity contribution is 14.0. The summed E-state index contributed by atoms with van der Waals surface area (Å²) in [6, 6.07) is 9.84. The summed E-state index contributed by atoms with van der Waals surface area (Å²) in [5.41, 5.74) is 2.15. The molecule has 1 aromatic carbocycles. The first-order valence-corrected chi connectivity index (χ1v) is 8.30. The summed E-state index contributed by atoms with van der Waals surface area (Å²) in [5.74, 6) is 1.54. The van der Waals surface area contributed by atoms with Gasteiger partial charge in [0.05, 0.1) is 5.69 Å². The van der Waals surface area contributed by atoms with Gasteiger partial charge in [0, 0.05) is 24.2 Å². The Morgan fingerprint density at radius 1 is 1.25 bits per heavy atom. The van der Waals surface area contributed by atoms with Gasteiger partial charge in [-0.3, -0.25) is 0 Å². The van der Waals surface area contributed by atoms with Crippen molar-refractivity contribution in [2.75, 3.05) is 13.1 Å². The third-order valence-corrected chi connectivity index (χ3v) is 3.54. The van der Waals surface area contributed by atoms with E-state index in [1.165, 1.54) is 5.56 Å². The molecule has 132 valence electrons. The normalized spacial score (nSPS) is 11.0. The summed E-state index contributed by atoms with van der Waals surface area (Å²) in [7, 11) is 0. The molecular weight excluding hydrogens is 439 g/mol. The van der Waals surface area contributed by atoms with E-state index < -0.39 is 0 Å². The number of nitrogens with one attached hydrogen (secondary N) is 2. The molecule has 24 heavy (non-hydrogen) atoms. The average Bonchev–Trinajstić information content (AvgIpc) is 3.01. The summed E-state index contributed by atoms with van der Waals surface area (Å²) >= 11 is 5.99. The number of aryl methyl sites for hydroxylation is 1. The zero-order chi connectivity index (χ0) is 16.5. The molecule has 7 heteroatoms. The van der Waals surface area contributed by atoms with Crippen LogP contribution in [0.2, 0.25) is 5.02 Å². The average molecular weight is 463 g/mol. The Labute approximate surface area is 165 Å². The Hall–Kier alpha value is -1.28. The number of nitrogens with zero attached hydrogens (tertiary/aromatic N) is 2. The lowest BCUT2D eigenvalue weighted by Crippen LogP contribution is -2.38. The number of rotatable bonds is 7. The molecule has 2 rings (SSSR count). The van der Waals surface area contributed by atoms with Crippen molar-refractivity contribution >= 4 is 41.5 Å². The molecule has 5 nitrogen and oxygen atoms in total. The Bertz CT molecular complexity index is 645. The number of aromatic nitrogens is 1. The standard InChI is InChI=1S/C17H23ClN4O.HI/c1-3-15-11-16(23-22-15)12-21-17(19-4-2)20-9-8-13-6-5-7-14(18)10-13;/h5-7,10-11H,3-4,8-9,12H2,1-2H3,(H2,19,20,21);1H. The smallest absolute Gasteiger partial charge is 0.191 e. The minimum absolute atomic E-state index is 0. The number of guanidine groups is 1. The van der Waals surface area contributed by atoms with E-state index in [1.54, 1.807) is 0 Å². The van der Waals surface area contributed by atoms with Gasteiger partial charge in [0.25, 0.3) is 0 Å². The van der Waals surface area contributed by atoms with Gasteiger partial charge < -0.3 is 15.2 Å². The first kappa shape index (κ1) is 20.8. The molecule has 0 amide bonds. The molecule has 0 spiro atoms. The van der Waals surface area contributed by atoms with Gasteiger partial charge in [0.15, 0.2) is 11.7 Å². The Morgan fingerprint density at radius 3 is 2.75 bits per heavy atom. The van der Waals surface area contributed by atoms with Crippen molar-refractivity contribution < 1.29 is 4.52 Å². The fourth-order valence-electron chi connectivity index (χ4n) is 2.11. The monoisotopic (exact) mass is 462 g/mol. The van der Waals surface area contributed by atoms with Crippen molar-refractivity contribution in [3.63, 3.8) is 0 Å². The second-order valence-electron chi connectivity index (χ2n) is 5.14. The molecule has 1 heterocycles. The molecule has 0 atom stereocenters. The molecule has 0 aliphatic carbocycles. The van der Waals surface area contributed by atoms with E-state index in [2.05, 4.69) is 26.8 Å². The molecular formula is C17H24ClIN4O. The fourth-order valence-corrected chi connectivity index (χ4v) is 2.33. The summed E-state index contributed by atoms with van der Waals surface area (Å²) in [5, 5.41) is 11.3. The van der Waals surface area contributed by atoms with Crippen molar-refractivity contribution in [3.8, 4) is 0 Å². The Kier molecular flexibility index (Phi) is 9.78. The second-order valence-corrected chi connectivity index (χ2v) is 5.58. The van der Waals surface area contributed by atoms with Gasteiger partial charge in [0.2, 0.25) is 0 Å². The van der Waals surface area contributed by atoms with Crippen molar-refractivity contribution in [1.29, 1.82) is 0 Å². The predicted molar refractivity (Wildman–Crippen MR) is 109 cm³/mol. The van der Waals surface area contributed by atoms with Gasteiger partial charge in [-0.1, -0.05) is 35.8 Å². The summed E-state index contributed by atoms with van der Waals surface area (Å²) in [6.45, 7) is 6.14. The van der Waals surface area contributed by atoms with Crippen LogP contribution in [0.25, 0.3) is 0 Å². The highest BCUT2D eigenvalue weighted by atomic mass is 127. The predicted octanol–water partition coefficient (Wildman–Crippen LogP) is 3.81. The number of halogens is 2. The molecule has 0 radical (unpaired) electrons. The highest BCUT2D eigenvalue weighted by Crippen LogP contribution is 2.10. The maximum Gasteiger partial charge on any atom is 0.191 e. The Balaban J connectivity index is 0.00000288. The van der Waals surface area contributed by atoms with Gasteiger partial charge in [-0.15, -0.1) is 24.0 Å². The maximum absolute atomic E-state index is 5.99. The molecule has 1 aromatic heterocycles. The lowest BCUT2D eigenvalue weighted by molar-refractivity contribution is 0.379. The first-order valence-electron chi connectivity index (χ1n) is 7.92. The van der Waals surface area contributed by atoms with Crippen LogP contribution in [-0.2, 0) is 19.4 Å². The van der Waals surface area contributed by atoms with Gasteiger partial charge >= 0.3 is 0 Å². The SMILES string of the molecule is CCNC(=NCc1cc(CC)no1)NCCc1cccc(Cl)c1.I. The van der Waals surface area contributed by atoms with Crippen molar-refractivity contribution in [2.45, 2.75) is 33.2 Å². The van der Waals surface area contributed by atoms with Gasteiger partial charge in [0.1, 0.15) is 6.54 Å². The van der Waals surface area contributed by atoms with E-state index in [0.717, 1.165) is 48.4 Å². The molecule has 0 unspecified atom stereocenters. The maximum atomic E-state index is 5.99. The first-order chi connectivity index (χ1) is 11.2. The van der Waals surface area contributed by atoms with Crippen molar-refractivity contribution in [1.82, 2.24) is 15.8 Å². The van der Waals surface area contributed by atoms with Crippen LogP contribution in [-0.4, -0.2) is 24.2 Å². The number of hydrogen-bond acceptors (Lipinski definition) is 3.